The summed E-state index contributed by atoms with van der Waals surface area (Å²) in [5.74, 6) is 0.468. The van der Waals surface area contributed by atoms with Gasteiger partial charge in [0.05, 0.1) is 18.7 Å². The van der Waals surface area contributed by atoms with E-state index in [1.807, 2.05) is 24.3 Å². The zero-order valence-corrected chi connectivity index (χ0v) is 16.7. The zero-order chi connectivity index (χ0) is 18.9. The van der Waals surface area contributed by atoms with Gasteiger partial charge in [0.25, 0.3) is 11.1 Å². The summed E-state index contributed by atoms with van der Waals surface area (Å²) < 4.78 is 5.33. The Morgan fingerprint density at radius 2 is 1.77 bits per heavy atom. The first-order valence-corrected chi connectivity index (χ1v) is 10.0. The number of para-hydroxylation sites is 1. The van der Waals surface area contributed by atoms with Crippen LogP contribution in [0, 0.1) is 0 Å². The van der Waals surface area contributed by atoms with Crippen molar-refractivity contribution >= 4 is 29.0 Å². The lowest BCUT2D eigenvalue weighted by Gasteiger charge is -2.26. The molecular weight excluding hydrogens is 348 g/mol. The highest BCUT2D eigenvalue weighted by Gasteiger charge is 2.36. The Labute approximate surface area is 160 Å². The van der Waals surface area contributed by atoms with Crippen LogP contribution in [0.5, 0.6) is 5.75 Å². The second-order valence-electron chi connectivity index (χ2n) is 6.32. The molecule has 0 spiro atoms. The number of amides is 2. The summed E-state index contributed by atoms with van der Waals surface area (Å²) in [6, 6.07) is 7.48. The molecule has 1 saturated heterocycles. The standard InChI is InChI=1S/C20H28N2O3S/c1-4-6-12-21(13-7-5-2)15-22-19(23)18(26-20(22)24)14-16-10-8-9-11-17(16)25-3/h8-11,14H,4-7,12-13,15H2,1-3H3/b18-14-. The summed E-state index contributed by atoms with van der Waals surface area (Å²) in [6.45, 7) is 6.48. The number of ether oxygens (including phenoxy) is 1. The monoisotopic (exact) mass is 376 g/mol. The predicted molar refractivity (Wildman–Crippen MR) is 107 cm³/mol. The highest BCUT2D eigenvalue weighted by molar-refractivity contribution is 8.18. The van der Waals surface area contributed by atoms with Gasteiger partial charge in [0.2, 0.25) is 0 Å². The Kier molecular flexibility index (Phi) is 8.19. The number of benzene rings is 1. The molecule has 0 aliphatic carbocycles. The minimum Gasteiger partial charge on any atom is -0.496 e. The second kappa shape index (κ2) is 10.4. The van der Waals surface area contributed by atoms with Crippen LogP contribution in [0.25, 0.3) is 6.08 Å². The lowest BCUT2D eigenvalue weighted by molar-refractivity contribution is -0.124. The predicted octanol–water partition coefficient (Wildman–Crippen LogP) is 4.59. The molecule has 0 N–H and O–H groups in total. The number of hydrogen-bond acceptors (Lipinski definition) is 5. The van der Waals surface area contributed by atoms with Crippen molar-refractivity contribution in [3.63, 3.8) is 0 Å². The number of unbranched alkanes of at least 4 members (excludes halogenated alkanes) is 2. The van der Waals surface area contributed by atoms with E-state index in [0.29, 0.717) is 17.3 Å². The Morgan fingerprint density at radius 1 is 1.12 bits per heavy atom. The maximum absolute atomic E-state index is 12.8. The van der Waals surface area contributed by atoms with E-state index < -0.39 is 0 Å². The normalized spacial score (nSPS) is 16.2. The minimum atomic E-state index is -0.219. The van der Waals surface area contributed by atoms with Gasteiger partial charge in [0, 0.05) is 5.56 Å². The Balaban J connectivity index is 2.12. The highest BCUT2D eigenvalue weighted by atomic mass is 32.2. The summed E-state index contributed by atoms with van der Waals surface area (Å²) >= 11 is 1.00. The molecule has 1 aliphatic rings. The van der Waals surface area contributed by atoms with Gasteiger partial charge in [-0.15, -0.1) is 0 Å². The van der Waals surface area contributed by atoms with Gasteiger partial charge in [0.1, 0.15) is 5.75 Å². The second-order valence-corrected chi connectivity index (χ2v) is 7.31. The Hall–Kier alpha value is -1.79. The molecule has 26 heavy (non-hydrogen) atoms. The molecule has 2 amide bonds. The van der Waals surface area contributed by atoms with Crippen LogP contribution in [0.3, 0.4) is 0 Å². The van der Waals surface area contributed by atoms with Crippen LogP contribution in [0.1, 0.15) is 45.1 Å². The molecule has 142 valence electrons. The summed E-state index contributed by atoms with van der Waals surface area (Å²) in [5, 5.41) is -0.200. The van der Waals surface area contributed by atoms with E-state index in [9.17, 15) is 9.59 Å². The number of carbonyl (C=O) groups is 2. The average Bonchev–Trinajstić information content (AvgIpc) is 2.91. The van der Waals surface area contributed by atoms with Crippen LogP contribution in [0.4, 0.5) is 4.79 Å². The van der Waals surface area contributed by atoms with Gasteiger partial charge in [-0.05, 0) is 49.8 Å². The van der Waals surface area contributed by atoms with Gasteiger partial charge in [0.15, 0.2) is 0 Å². The highest BCUT2D eigenvalue weighted by Crippen LogP contribution is 2.34. The average molecular weight is 377 g/mol. The number of imide groups is 1. The summed E-state index contributed by atoms with van der Waals surface area (Å²) in [7, 11) is 1.59. The topological polar surface area (TPSA) is 49.9 Å². The zero-order valence-electron chi connectivity index (χ0n) is 15.9. The number of carbonyl (C=O) groups excluding carboxylic acids is 2. The lowest BCUT2D eigenvalue weighted by atomic mass is 10.2. The van der Waals surface area contributed by atoms with Gasteiger partial charge >= 0.3 is 0 Å². The molecule has 0 aromatic heterocycles. The molecule has 0 radical (unpaired) electrons. The first-order chi connectivity index (χ1) is 12.6. The molecular formula is C20H28N2O3S. The largest absolute Gasteiger partial charge is 0.496 e. The van der Waals surface area contributed by atoms with Gasteiger partial charge in [-0.3, -0.25) is 19.4 Å². The molecule has 6 heteroatoms. The van der Waals surface area contributed by atoms with Crippen molar-refractivity contribution in [2.45, 2.75) is 39.5 Å². The molecule has 1 aromatic rings. The van der Waals surface area contributed by atoms with E-state index in [4.69, 9.17) is 4.74 Å². The van der Waals surface area contributed by atoms with Gasteiger partial charge < -0.3 is 4.74 Å². The summed E-state index contributed by atoms with van der Waals surface area (Å²) in [6.07, 6.45) is 6.07. The van der Waals surface area contributed by atoms with Gasteiger partial charge in [-0.1, -0.05) is 44.9 Å². The molecule has 1 aromatic carbocycles. The summed E-state index contributed by atoms with van der Waals surface area (Å²) in [4.78, 5) is 29.2. The quantitative estimate of drug-likeness (QED) is 0.559. The van der Waals surface area contributed by atoms with Crippen LogP contribution in [0.15, 0.2) is 29.2 Å². The third kappa shape index (κ3) is 5.35. The number of methoxy groups -OCH3 is 1. The Morgan fingerprint density at radius 3 is 2.38 bits per heavy atom. The Bertz CT molecular complexity index is 652. The fourth-order valence-electron chi connectivity index (χ4n) is 2.77. The van der Waals surface area contributed by atoms with E-state index in [1.54, 1.807) is 13.2 Å². The van der Waals surface area contributed by atoms with Crippen molar-refractivity contribution in [1.82, 2.24) is 9.80 Å². The number of rotatable bonds is 10. The third-order valence-electron chi connectivity index (χ3n) is 4.30. The van der Waals surface area contributed by atoms with Crippen molar-refractivity contribution in [3.05, 3.63) is 34.7 Å². The van der Waals surface area contributed by atoms with Gasteiger partial charge in [-0.25, -0.2) is 0 Å². The van der Waals surface area contributed by atoms with Crippen molar-refractivity contribution in [1.29, 1.82) is 0 Å². The van der Waals surface area contributed by atoms with E-state index in [2.05, 4.69) is 18.7 Å². The SMILES string of the molecule is CCCCN(CCCC)CN1C(=O)S/C(=C\c2ccccc2OC)C1=O. The van der Waals surface area contributed by atoms with Crippen LogP contribution in [0.2, 0.25) is 0 Å². The van der Waals surface area contributed by atoms with Crippen molar-refractivity contribution in [2.75, 3.05) is 26.9 Å². The molecule has 2 rings (SSSR count). The molecule has 0 atom stereocenters. The molecule has 1 aliphatic heterocycles. The van der Waals surface area contributed by atoms with E-state index >= 15 is 0 Å². The first-order valence-electron chi connectivity index (χ1n) is 9.21. The van der Waals surface area contributed by atoms with Crippen LogP contribution < -0.4 is 4.74 Å². The third-order valence-corrected chi connectivity index (χ3v) is 5.20. The van der Waals surface area contributed by atoms with Crippen LogP contribution in [-0.4, -0.2) is 47.8 Å². The summed E-state index contributed by atoms with van der Waals surface area (Å²) in [5.41, 5.74) is 0.800. The minimum absolute atomic E-state index is 0.200. The van der Waals surface area contributed by atoms with Crippen LogP contribution >= 0.6 is 11.8 Å². The molecule has 0 bridgehead atoms. The fraction of sp³-hybridized carbons (Fsp3) is 0.500. The van der Waals surface area contributed by atoms with Crippen molar-refractivity contribution in [2.24, 2.45) is 0 Å². The first kappa shape index (κ1) is 20.5. The lowest BCUT2D eigenvalue weighted by Crippen LogP contribution is -2.41. The molecule has 1 heterocycles. The van der Waals surface area contributed by atoms with E-state index in [0.717, 1.165) is 56.1 Å². The maximum Gasteiger partial charge on any atom is 0.294 e. The number of nitrogens with zero attached hydrogens (tertiary/aromatic N) is 2. The van der Waals surface area contributed by atoms with Crippen molar-refractivity contribution in [3.8, 4) is 5.75 Å². The maximum atomic E-state index is 12.8. The molecule has 1 fully saturated rings. The van der Waals surface area contributed by atoms with Crippen LogP contribution in [-0.2, 0) is 4.79 Å². The molecule has 0 unspecified atom stereocenters. The number of thioether (sulfide) groups is 1. The fourth-order valence-corrected chi connectivity index (χ4v) is 3.59. The molecule has 0 saturated carbocycles. The van der Waals surface area contributed by atoms with E-state index in [1.165, 1.54) is 4.90 Å². The smallest absolute Gasteiger partial charge is 0.294 e. The van der Waals surface area contributed by atoms with Crippen molar-refractivity contribution < 1.29 is 14.3 Å². The van der Waals surface area contributed by atoms with Gasteiger partial charge in [-0.2, -0.15) is 0 Å². The van der Waals surface area contributed by atoms with E-state index in [-0.39, 0.29) is 11.1 Å². The molecule has 5 nitrogen and oxygen atoms in total. The number of hydrogen-bond donors (Lipinski definition) is 0.